The Labute approximate surface area is 113 Å². The largest absolute Gasteiger partial charge is 0.298 e. The van der Waals surface area contributed by atoms with Crippen molar-refractivity contribution in [3.8, 4) is 6.07 Å². The Hall–Kier alpha value is -2.35. The van der Waals surface area contributed by atoms with Crippen molar-refractivity contribution in [2.24, 2.45) is 14.1 Å². The van der Waals surface area contributed by atoms with Crippen LogP contribution in [0, 0.1) is 11.3 Å². The summed E-state index contributed by atoms with van der Waals surface area (Å²) in [5.74, 6) is 0.0469. The molecule has 0 aliphatic rings. The molecule has 5 heteroatoms. The molecule has 0 fully saturated rings. The molecular formula is C14H14BN3O. The first kappa shape index (κ1) is 13.1. The zero-order valence-corrected chi connectivity index (χ0v) is 11.0. The van der Waals surface area contributed by atoms with Crippen molar-refractivity contribution in [2.45, 2.75) is 6.32 Å². The molecule has 0 bridgehead atoms. The summed E-state index contributed by atoms with van der Waals surface area (Å²) in [7, 11) is 5.79. The fourth-order valence-corrected chi connectivity index (χ4v) is 1.92. The van der Waals surface area contributed by atoms with Gasteiger partial charge < -0.3 is 0 Å². The first-order valence-corrected chi connectivity index (χ1v) is 5.99. The minimum atomic E-state index is 0.0469. The molecule has 94 valence electrons. The van der Waals surface area contributed by atoms with Gasteiger partial charge in [0.2, 0.25) is 0 Å². The summed E-state index contributed by atoms with van der Waals surface area (Å²) in [5, 5.41) is 8.71. The second kappa shape index (κ2) is 5.53. The number of aromatic nitrogens is 2. The van der Waals surface area contributed by atoms with E-state index in [1.54, 1.807) is 24.3 Å². The third kappa shape index (κ3) is 2.91. The highest BCUT2D eigenvalue weighted by molar-refractivity contribution is 6.55. The van der Waals surface area contributed by atoms with Gasteiger partial charge in [-0.1, -0.05) is 12.1 Å². The predicted octanol–water partition coefficient (Wildman–Crippen LogP) is 0.352. The summed E-state index contributed by atoms with van der Waals surface area (Å²) in [4.78, 5) is 12.0. The molecule has 1 aromatic heterocycles. The Bertz CT molecular complexity index is 618. The normalized spacial score (nSPS) is 10.2. The average Bonchev–Trinajstić information content (AvgIpc) is 2.75. The zero-order valence-electron chi connectivity index (χ0n) is 11.0. The first-order chi connectivity index (χ1) is 9.11. The van der Waals surface area contributed by atoms with Gasteiger partial charge in [0.15, 0.2) is 0 Å². The Morgan fingerprint density at radius 1 is 1.42 bits per heavy atom. The summed E-state index contributed by atoms with van der Waals surface area (Å²) < 4.78 is 3.93. The fraction of sp³-hybridized carbons (Fsp3) is 0.214. The Morgan fingerprint density at radius 3 is 2.63 bits per heavy atom. The molecule has 0 unspecified atom stereocenters. The number of carbonyl (C=O) groups excluding carboxylic acids is 1. The standard InChI is InChI=1S/C14H14BN3O/c1-17-7-8-18(2)14(17)15-9-13(19)12-5-3-11(10-16)4-6-12/h3-8H,9H2,1-2H3. The quantitative estimate of drug-likeness (QED) is 0.447. The minimum absolute atomic E-state index is 0.0469. The van der Waals surface area contributed by atoms with E-state index in [4.69, 9.17) is 5.26 Å². The molecule has 0 saturated heterocycles. The van der Waals surface area contributed by atoms with E-state index >= 15 is 0 Å². The highest BCUT2D eigenvalue weighted by Gasteiger charge is 2.04. The van der Waals surface area contributed by atoms with Gasteiger partial charge in [-0.2, -0.15) is 18.9 Å². The van der Waals surface area contributed by atoms with E-state index in [1.165, 1.54) is 0 Å². The molecular weight excluding hydrogens is 237 g/mol. The van der Waals surface area contributed by atoms with E-state index in [-0.39, 0.29) is 5.78 Å². The predicted molar refractivity (Wildman–Crippen MR) is 72.3 cm³/mol. The lowest BCUT2D eigenvalue weighted by molar-refractivity contribution is -0.653. The van der Waals surface area contributed by atoms with Crippen LogP contribution in [0.2, 0.25) is 6.32 Å². The van der Waals surface area contributed by atoms with Gasteiger partial charge in [-0.3, -0.25) is 13.9 Å². The maximum atomic E-state index is 12.0. The van der Waals surface area contributed by atoms with Crippen molar-refractivity contribution < 1.29 is 9.36 Å². The van der Waals surface area contributed by atoms with Gasteiger partial charge in [-0.05, 0) is 12.1 Å². The molecule has 19 heavy (non-hydrogen) atoms. The van der Waals surface area contributed by atoms with E-state index in [0.29, 0.717) is 17.4 Å². The molecule has 0 N–H and O–H groups in total. The topological polar surface area (TPSA) is 49.7 Å². The monoisotopic (exact) mass is 251 g/mol. The van der Waals surface area contributed by atoms with Crippen LogP contribution in [0.25, 0.3) is 0 Å². The van der Waals surface area contributed by atoms with E-state index < -0.39 is 0 Å². The van der Waals surface area contributed by atoms with Gasteiger partial charge in [0, 0.05) is 11.3 Å². The molecule has 0 aliphatic heterocycles. The van der Waals surface area contributed by atoms with Gasteiger partial charge in [-0.15, -0.1) is 0 Å². The summed E-state index contributed by atoms with van der Waals surface area (Å²) in [5.41, 5.74) is 2.18. The van der Waals surface area contributed by atoms with Crippen LogP contribution >= 0.6 is 0 Å². The number of hydrogen-bond donors (Lipinski definition) is 0. The molecule has 2 rings (SSSR count). The number of nitrogens with zero attached hydrogens (tertiary/aromatic N) is 3. The van der Waals surface area contributed by atoms with Crippen molar-refractivity contribution in [2.75, 3.05) is 0 Å². The van der Waals surface area contributed by atoms with Crippen LogP contribution in [0.3, 0.4) is 0 Å². The average molecular weight is 251 g/mol. The lowest BCUT2D eigenvalue weighted by Crippen LogP contribution is -2.49. The number of hydrogen-bond acceptors (Lipinski definition) is 2. The Balaban J connectivity index is 2.03. The van der Waals surface area contributed by atoms with Gasteiger partial charge in [0.05, 0.1) is 25.7 Å². The van der Waals surface area contributed by atoms with Crippen molar-refractivity contribution >= 4 is 18.8 Å². The third-order valence-corrected chi connectivity index (χ3v) is 3.04. The van der Waals surface area contributed by atoms with Gasteiger partial charge >= 0.3 is 0 Å². The second-order valence-corrected chi connectivity index (χ2v) is 4.40. The second-order valence-electron chi connectivity index (χ2n) is 4.40. The smallest absolute Gasteiger partial charge is 0.125 e. The number of imidazole rings is 1. The minimum Gasteiger partial charge on any atom is -0.298 e. The maximum Gasteiger partial charge on any atom is 0.125 e. The molecule has 2 aromatic rings. The molecule has 0 atom stereocenters. The van der Waals surface area contributed by atoms with Crippen LogP contribution in [0.4, 0.5) is 0 Å². The maximum absolute atomic E-state index is 12.0. The lowest BCUT2D eigenvalue weighted by atomic mass is 9.70. The van der Waals surface area contributed by atoms with Crippen LogP contribution in [-0.4, -0.2) is 17.6 Å². The molecule has 4 nitrogen and oxygen atoms in total. The van der Waals surface area contributed by atoms with Gasteiger partial charge in [0.25, 0.3) is 0 Å². The zero-order chi connectivity index (χ0) is 13.8. The SMILES string of the molecule is Cn1cc[n+](C)c1[B-]CC(=O)c1ccc(C#N)cc1. The van der Waals surface area contributed by atoms with Crippen molar-refractivity contribution in [1.82, 2.24) is 4.57 Å². The van der Waals surface area contributed by atoms with Crippen LogP contribution in [-0.2, 0) is 14.1 Å². The highest BCUT2D eigenvalue weighted by Crippen LogP contribution is 2.06. The highest BCUT2D eigenvalue weighted by atomic mass is 16.1. The van der Waals surface area contributed by atoms with Crippen LogP contribution in [0.15, 0.2) is 36.7 Å². The van der Waals surface area contributed by atoms with E-state index in [9.17, 15) is 4.79 Å². The third-order valence-electron chi connectivity index (χ3n) is 3.04. The number of nitriles is 1. The first-order valence-electron chi connectivity index (χ1n) is 5.99. The van der Waals surface area contributed by atoms with Crippen molar-refractivity contribution in [1.29, 1.82) is 5.26 Å². The molecule has 1 heterocycles. The number of aryl methyl sites for hydroxylation is 2. The summed E-state index contributed by atoms with van der Waals surface area (Å²) in [6.45, 7) is 0. The lowest BCUT2D eigenvalue weighted by Gasteiger charge is -2.11. The van der Waals surface area contributed by atoms with E-state index in [0.717, 1.165) is 5.72 Å². The number of carbonyl (C=O) groups is 1. The van der Waals surface area contributed by atoms with Crippen molar-refractivity contribution in [3.63, 3.8) is 0 Å². The van der Waals surface area contributed by atoms with Crippen LogP contribution in [0.1, 0.15) is 15.9 Å². The van der Waals surface area contributed by atoms with Gasteiger partial charge in [-0.25, -0.2) is 0 Å². The number of rotatable bonds is 4. The Morgan fingerprint density at radius 2 is 2.11 bits per heavy atom. The van der Waals surface area contributed by atoms with E-state index in [1.807, 2.05) is 49.0 Å². The molecule has 0 aliphatic carbocycles. The van der Waals surface area contributed by atoms with Crippen molar-refractivity contribution in [3.05, 3.63) is 47.8 Å². The molecule has 2 radical (unpaired) electrons. The number of benzene rings is 1. The van der Waals surface area contributed by atoms with Crippen LogP contribution in [0.5, 0.6) is 0 Å². The molecule has 1 aromatic carbocycles. The number of ketones is 1. The Kier molecular flexibility index (Phi) is 3.81. The summed E-state index contributed by atoms with van der Waals surface area (Å²) in [6.07, 6.45) is 4.23. The van der Waals surface area contributed by atoms with Crippen LogP contribution < -0.4 is 10.3 Å². The van der Waals surface area contributed by atoms with Gasteiger partial charge in [0.1, 0.15) is 18.2 Å². The molecule has 0 amide bonds. The summed E-state index contributed by atoms with van der Waals surface area (Å²) in [6, 6.07) is 8.75. The summed E-state index contributed by atoms with van der Waals surface area (Å²) >= 11 is 0. The molecule has 0 spiro atoms. The van der Waals surface area contributed by atoms with E-state index in [2.05, 4.69) is 0 Å². The molecule has 0 saturated carbocycles. The fourth-order valence-electron chi connectivity index (χ4n) is 1.92. The number of Topliss-reactive ketones (excluding diaryl/α,β-unsaturated/α-hetero) is 1.